The number of carbonyl (C=O) groups excluding carboxylic acids is 2. The monoisotopic (exact) mass is 547 g/mol. The molecule has 11 nitrogen and oxygen atoms in total. The number of carbonyl (C=O) groups is 2. The van der Waals surface area contributed by atoms with Crippen LogP contribution in [0, 0.1) is 0 Å². The second-order valence-corrected chi connectivity index (χ2v) is 8.96. The lowest BCUT2D eigenvalue weighted by Crippen LogP contribution is -2.45. The summed E-state index contributed by atoms with van der Waals surface area (Å²) in [6.07, 6.45) is 4.34. The Morgan fingerprint density at radius 2 is 2.05 bits per heavy atom. The van der Waals surface area contributed by atoms with Crippen molar-refractivity contribution in [2.45, 2.75) is 32.7 Å². The van der Waals surface area contributed by atoms with Crippen molar-refractivity contribution < 1.29 is 28.9 Å². The number of urea groups is 1. The van der Waals surface area contributed by atoms with Gasteiger partial charge in [0, 0.05) is 34.9 Å². The molecule has 2 atom stereocenters. The molecule has 0 aliphatic carbocycles. The molecule has 4 rings (SSSR count). The molecule has 0 fully saturated rings. The fraction of sp³-hybridized carbons (Fsp3) is 0.276. The number of aliphatic hydroxyl groups excluding tert-OH is 1. The number of fused-ring (bicyclic) bond motifs is 1. The molecule has 3 aromatic rings. The zero-order valence-electron chi connectivity index (χ0n) is 22.6. The number of benzene rings is 2. The second kappa shape index (κ2) is 12.9. The SMILES string of the molecule is C=CCn1cc(/C=N/N[C@H](O)COc2ccc([C@H]3NC(=O)NC(C)=C3C(=O)OC)cc2OCC)c2ccccc21. The van der Waals surface area contributed by atoms with Crippen LogP contribution in [-0.4, -0.2) is 54.4 Å². The Balaban J connectivity index is 1.45. The highest BCUT2D eigenvalue weighted by Crippen LogP contribution is 2.35. The molecule has 0 bridgehead atoms. The minimum atomic E-state index is -1.10. The maximum absolute atomic E-state index is 12.4. The molecule has 1 aliphatic heterocycles. The van der Waals surface area contributed by atoms with Gasteiger partial charge in [-0.15, -0.1) is 6.58 Å². The first-order valence-electron chi connectivity index (χ1n) is 12.8. The van der Waals surface area contributed by atoms with Gasteiger partial charge in [0.25, 0.3) is 0 Å². The van der Waals surface area contributed by atoms with E-state index in [4.69, 9.17) is 14.2 Å². The third-order valence-corrected chi connectivity index (χ3v) is 6.24. The van der Waals surface area contributed by atoms with Crippen LogP contribution >= 0.6 is 0 Å². The highest BCUT2D eigenvalue weighted by atomic mass is 16.5. The summed E-state index contributed by atoms with van der Waals surface area (Å²) in [6.45, 7) is 8.16. The Labute approximate surface area is 232 Å². The zero-order valence-corrected chi connectivity index (χ0v) is 22.6. The van der Waals surface area contributed by atoms with Gasteiger partial charge in [0.2, 0.25) is 0 Å². The van der Waals surface area contributed by atoms with E-state index in [1.807, 2.05) is 43.5 Å². The molecule has 2 aromatic carbocycles. The standard InChI is InChI=1S/C29H33N5O6/c1-5-13-34-16-20(21-9-7-8-10-22(21)34)15-30-33-25(35)17-40-23-12-11-19(14-24(23)39-6-2)27-26(28(36)38-4)18(3)31-29(37)32-27/h5,7-12,14-16,25,27,33,35H,1,6,13,17H2,2-4H3,(H2,31,32,37)/b30-15+/t25-,27-/m1/s1. The number of amides is 2. The number of nitrogens with one attached hydrogen (secondary N) is 3. The van der Waals surface area contributed by atoms with E-state index < -0.39 is 24.3 Å². The van der Waals surface area contributed by atoms with Crippen molar-refractivity contribution in [2.75, 3.05) is 20.3 Å². The summed E-state index contributed by atoms with van der Waals surface area (Å²) in [5.41, 5.74) is 5.92. The highest BCUT2D eigenvalue weighted by Gasteiger charge is 2.32. The van der Waals surface area contributed by atoms with Crippen molar-refractivity contribution in [3.05, 3.63) is 83.7 Å². The van der Waals surface area contributed by atoms with Gasteiger partial charge >= 0.3 is 12.0 Å². The third kappa shape index (κ3) is 6.26. The Hall–Kier alpha value is -4.77. The number of esters is 1. The molecule has 1 aliphatic rings. The van der Waals surface area contributed by atoms with E-state index in [1.165, 1.54) is 7.11 Å². The summed E-state index contributed by atoms with van der Waals surface area (Å²) >= 11 is 0. The summed E-state index contributed by atoms with van der Waals surface area (Å²) in [6, 6.07) is 11.8. The normalized spacial score (nSPS) is 15.9. The topological polar surface area (TPSA) is 135 Å². The predicted octanol–water partition coefficient (Wildman–Crippen LogP) is 3.35. The number of rotatable bonds is 12. The molecule has 210 valence electrons. The van der Waals surface area contributed by atoms with Crippen LogP contribution in [0.5, 0.6) is 11.5 Å². The van der Waals surface area contributed by atoms with Crippen LogP contribution in [0.3, 0.4) is 0 Å². The number of aromatic nitrogens is 1. The number of hydrogen-bond donors (Lipinski definition) is 4. The van der Waals surface area contributed by atoms with E-state index >= 15 is 0 Å². The molecular formula is C29H33N5O6. The predicted molar refractivity (Wildman–Crippen MR) is 151 cm³/mol. The first kappa shape index (κ1) is 28.2. The minimum absolute atomic E-state index is 0.120. The van der Waals surface area contributed by atoms with Gasteiger partial charge < -0.3 is 34.5 Å². The number of ether oxygens (including phenoxy) is 3. The van der Waals surface area contributed by atoms with Gasteiger partial charge in [0.05, 0.1) is 31.5 Å². The molecule has 40 heavy (non-hydrogen) atoms. The lowest BCUT2D eigenvalue weighted by molar-refractivity contribution is -0.136. The van der Waals surface area contributed by atoms with E-state index in [0.29, 0.717) is 35.9 Å². The first-order chi connectivity index (χ1) is 19.4. The molecule has 0 unspecified atom stereocenters. The van der Waals surface area contributed by atoms with Crippen LogP contribution in [0.15, 0.2) is 77.7 Å². The van der Waals surface area contributed by atoms with Gasteiger partial charge in [-0.05, 0) is 37.6 Å². The van der Waals surface area contributed by atoms with Crippen molar-refractivity contribution in [3.8, 4) is 11.5 Å². The summed E-state index contributed by atoms with van der Waals surface area (Å²) in [4.78, 5) is 24.5. The van der Waals surface area contributed by atoms with Crippen LogP contribution in [0.25, 0.3) is 10.9 Å². The molecule has 11 heteroatoms. The number of allylic oxidation sites excluding steroid dienone is 2. The first-order valence-corrected chi connectivity index (χ1v) is 12.8. The van der Waals surface area contributed by atoms with Crippen LogP contribution in [0.1, 0.15) is 31.0 Å². The second-order valence-electron chi connectivity index (χ2n) is 8.96. The minimum Gasteiger partial charge on any atom is -0.490 e. The molecule has 1 aromatic heterocycles. The van der Waals surface area contributed by atoms with Crippen LogP contribution in [0.2, 0.25) is 0 Å². The lowest BCUT2D eigenvalue weighted by Gasteiger charge is -2.28. The molecule has 2 heterocycles. The number of hydrogen-bond acceptors (Lipinski definition) is 8. The fourth-order valence-corrected chi connectivity index (χ4v) is 4.48. The van der Waals surface area contributed by atoms with Gasteiger partial charge in [-0.2, -0.15) is 5.10 Å². The fourth-order valence-electron chi connectivity index (χ4n) is 4.48. The Morgan fingerprint density at radius 1 is 1.25 bits per heavy atom. The zero-order chi connectivity index (χ0) is 28.6. The van der Waals surface area contributed by atoms with E-state index in [1.54, 1.807) is 31.3 Å². The number of nitrogens with zero attached hydrogens (tertiary/aromatic N) is 2. The Kier molecular flexibility index (Phi) is 9.07. The van der Waals surface area contributed by atoms with Gasteiger partial charge in [-0.1, -0.05) is 30.3 Å². The third-order valence-electron chi connectivity index (χ3n) is 6.24. The Bertz CT molecular complexity index is 1460. The van der Waals surface area contributed by atoms with E-state index in [2.05, 4.69) is 32.3 Å². The summed E-state index contributed by atoms with van der Waals surface area (Å²) in [5.74, 6) is 0.206. The molecule has 0 spiro atoms. The molecule has 0 saturated carbocycles. The van der Waals surface area contributed by atoms with E-state index in [0.717, 1.165) is 16.5 Å². The number of hydrazone groups is 1. The Morgan fingerprint density at radius 3 is 2.80 bits per heavy atom. The van der Waals surface area contributed by atoms with Crippen molar-refractivity contribution in [3.63, 3.8) is 0 Å². The largest absolute Gasteiger partial charge is 0.490 e. The molecule has 2 amide bonds. The van der Waals surface area contributed by atoms with Crippen LogP contribution < -0.4 is 25.5 Å². The van der Waals surface area contributed by atoms with Crippen molar-refractivity contribution in [2.24, 2.45) is 5.10 Å². The van der Waals surface area contributed by atoms with E-state index in [9.17, 15) is 14.7 Å². The number of aliphatic hydroxyl groups is 1. The van der Waals surface area contributed by atoms with Crippen LogP contribution in [-0.2, 0) is 16.1 Å². The molecular weight excluding hydrogens is 514 g/mol. The van der Waals surface area contributed by atoms with Crippen molar-refractivity contribution in [1.82, 2.24) is 20.6 Å². The van der Waals surface area contributed by atoms with Gasteiger partial charge in [0.1, 0.15) is 6.61 Å². The van der Waals surface area contributed by atoms with Gasteiger partial charge in [-0.3, -0.25) is 5.43 Å². The molecule has 0 radical (unpaired) electrons. The average molecular weight is 548 g/mol. The quantitative estimate of drug-likeness (QED) is 0.0898. The number of para-hydroxylation sites is 1. The maximum atomic E-state index is 12.4. The summed E-state index contributed by atoms with van der Waals surface area (Å²) in [7, 11) is 1.28. The van der Waals surface area contributed by atoms with Crippen molar-refractivity contribution >= 4 is 29.1 Å². The molecule has 0 saturated heterocycles. The number of methoxy groups -OCH3 is 1. The summed E-state index contributed by atoms with van der Waals surface area (Å²) < 4.78 is 18.5. The maximum Gasteiger partial charge on any atom is 0.337 e. The van der Waals surface area contributed by atoms with E-state index in [-0.39, 0.29) is 12.2 Å². The van der Waals surface area contributed by atoms with Crippen LogP contribution in [0.4, 0.5) is 4.79 Å². The highest BCUT2D eigenvalue weighted by molar-refractivity contribution is 5.99. The lowest BCUT2D eigenvalue weighted by atomic mass is 9.95. The smallest absolute Gasteiger partial charge is 0.337 e. The van der Waals surface area contributed by atoms with Gasteiger partial charge in [-0.25, -0.2) is 9.59 Å². The molecule has 4 N–H and O–H groups in total. The van der Waals surface area contributed by atoms with Gasteiger partial charge in [0.15, 0.2) is 17.7 Å². The summed E-state index contributed by atoms with van der Waals surface area (Å²) in [5, 5.41) is 21.0. The van der Waals surface area contributed by atoms with Crippen molar-refractivity contribution in [1.29, 1.82) is 0 Å². The average Bonchev–Trinajstić information content (AvgIpc) is 3.29.